The Morgan fingerprint density at radius 3 is 3.00 bits per heavy atom. The number of nitriles is 1. The van der Waals surface area contributed by atoms with Crippen LogP contribution in [0.4, 0.5) is 10.5 Å². The number of benzene rings is 1. The number of carbonyl (C=O) groups is 1. The van der Waals surface area contributed by atoms with Gasteiger partial charge in [-0.2, -0.15) is 5.26 Å². The third-order valence-electron chi connectivity index (χ3n) is 2.32. The average molecular weight is 207 g/mol. The van der Waals surface area contributed by atoms with Crippen LogP contribution in [0.1, 0.15) is 11.1 Å². The normalized spacial score (nSPS) is 13.6. The van der Waals surface area contributed by atoms with Crippen LogP contribution in [0.25, 0.3) is 0 Å². The predicted molar refractivity (Wildman–Crippen MR) is 53.5 cm³/mol. The molecule has 70 valence electrons. The minimum atomic E-state index is -0.464. The second-order valence-corrected chi connectivity index (χ2v) is 3.43. The molecular formula is C10H7ClN2O. The smallest absolute Gasteiger partial charge is 0.298 e. The average Bonchev–Trinajstić information content (AvgIpc) is 2.59. The summed E-state index contributed by atoms with van der Waals surface area (Å²) in [6.07, 6.45) is 0.767. The second-order valence-electron chi connectivity index (χ2n) is 3.11. The van der Waals surface area contributed by atoms with Crippen molar-refractivity contribution < 1.29 is 4.79 Å². The van der Waals surface area contributed by atoms with Crippen molar-refractivity contribution in [3.8, 4) is 6.07 Å². The maximum atomic E-state index is 11.0. The van der Waals surface area contributed by atoms with Crippen LogP contribution < -0.4 is 4.90 Å². The number of rotatable bonds is 0. The van der Waals surface area contributed by atoms with Gasteiger partial charge < -0.3 is 0 Å². The monoisotopic (exact) mass is 206 g/mol. The van der Waals surface area contributed by atoms with Gasteiger partial charge in [-0.25, -0.2) is 0 Å². The van der Waals surface area contributed by atoms with Gasteiger partial charge in [-0.3, -0.25) is 9.69 Å². The minimum absolute atomic E-state index is 0.464. The number of anilines is 1. The molecule has 0 aliphatic carbocycles. The number of nitrogens with zero attached hydrogens (tertiary/aromatic N) is 2. The molecule has 1 aromatic carbocycles. The first-order chi connectivity index (χ1) is 6.72. The van der Waals surface area contributed by atoms with Crippen molar-refractivity contribution >= 4 is 22.7 Å². The van der Waals surface area contributed by atoms with Crippen molar-refractivity contribution in [3.05, 3.63) is 29.3 Å². The first-order valence-corrected chi connectivity index (χ1v) is 4.60. The summed E-state index contributed by atoms with van der Waals surface area (Å²) in [5.41, 5.74) is 2.45. The molecule has 1 aliphatic rings. The van der Waals surface area contributed by atoms with E-state index >= 15 is 0 Å². The minimum Gasteiger partial charge on any atom is -0.298 e. The summed E-state index contributed by atoms with van der Waals surface area (Å²) in [5, 5.41) is 8.22. The van der Waals surface area contributed by atoms with E-state index < -0.39 is 5.37 Å². The fraction of sp³-hybridized carbons (Fsp3) is 0.200. The molecule has 0 spiro atoms. The predicted octanol–water partition coefficient (Wildman–Crippen LogP) is 2.28. The Morgan fingerprint density at radius 2 is 2.36 bits per heavy atom. The van der Waals surface area contributed by atoms with E-state index in [2.05, 4.69) is 6.07 Å². The van der Waals surface area contributed by atoms with Crippen LogP contribution in [0.2, 0.25) is 0 Å². The summed E-state index contributed by atoms with van der Waals surface area (Å²) in [5.74, 6) is 0. The number of carbonyl (C=O) groups excluding carboxylic acids is 1. The SMILES string of the molecule is N#Cc1ccc2c(c1)CCN2C(=O)Cl. The Morgan fingerprint density at radius 1 is 1.57 bits per heavy atom. The molecule has 1 amide bonds. The Kier molecular flexibility index (Phi) is 2.14. The highest BCUT2D eigenvalue weighted by Gasteiger charge is 2.23. The number of amides is 1. The van der Waals surface area contributed by atoms with Crippen LogP contribution in [0, 0.1) is 11.3 Å². The van der Waals surface area contributed by atoms with Crippen molar-refractivity contribution in [1.82, 2.24) is 0 Å². The molecule has 1 heterocycles. The van der Waals surface area contributed by atoms with Crippen LogP contribution in [-0.2, 0) is 6.42 Å². The first-order valence-electron chi connectivity index (χ1n) is 4.22. The van der Waals surface area contributed by atoms with Crippen LogP contribution in [-0.4, -0.2) is 11.9 Å². The van der Waals surface area contributed by atoms with Gasteiger partial charge in [0.15, 0.2) is 0 Å². The zero-order valence-electron chi connectivity index (χ0n) is 7.33. The lowest BCUT2D eigenvalue weighted by Gasteiger charge is -2.12. The van der Waals surface area contributed by atoms with Crippen molar-refractivity contribution in [3.63, 3.8) is 0 Å². The second kappa shape index (κ2) is 3.32. The van der Waals surface area contributed by atoms with Crippen LogP contribution in [0.5, 0.6) is 0 Å². The Hall–Kier alpha value is -1.53. The fourth-order valence-corrected chi connectivity index (χ4v) is 1.83. The molecule has 2 rings (SSSR count). The molecule has 0 atom stereocenters. The fourth-order valence-electron chi connectivity index (χ4n) is 1.65. The molecular weight excluding hydrogens is 200 g/mol. The van der Waals surface area contributed by atoms with E-state index in [-0.39, 0.29) is 0 Å². The summed E-state index contributed by atoms with van der Waals surface area (Å²) >= 11 is 5.41. The lowest BCUT2D eigenvalue weighted by molar-refractivity contribution is 0.264. The van der Waals surface area contributed by atoms with Crippen LogP contribution in [0.15, 0.2) is 18.2 Å². The van der Waals surface area contributed by atoms with Gasteiger partial charge in [0.2, 0.25) is 0 Å². The van der Waals surface area contributed by atoms with Gasteiger partial charge in [0, 0.05) is 12.2 Å². The number of hydrogen-bond acceptors (Lipinski definition) is 2. The highest BCUT2D eigenvalue weighted by atomic mass is 35.5. The van der Waals surface area contributed by atoms with E-state index in [1.807, 2.05) is 0 Å². The topological polar surface area (TPSA) is 44.1 Å². The summed E-state index contributed by atoms with van der Waals surface area (Å²) < 4.78 is 0. The molecule has 0 fully saturated rings. The maximum Gasteiger partial charge on any atom is 0.320 e. The third kappa shape index (κ3) is 1.34. The van der Waals surface area contributed by atoms with Crippen molar-refractivity contribution in [2.24, 2.45) is 0 Å². The molecule has 0 unspecified atom stereocenters. The van der Waals surface area contributed by atoms with E-state index in [0.29, 0.717) is 12.1 Å². The summed E-state index contributed by atoms with van der Waals surface area (Å²) in [4.78, 5) is 12.5. The molecule has 0 radical (unpaired) electrons. The first kappa shape index (κ1) is 9.04. The standard InChI is InChI=1S/C10H7ClN2O/c11-10(14)13-4-3-8-5-7(6-12)1-2-9(8)13/h1-2,5H,3-4H2. The molecule has 0 saturated heterocycles. The van der Waals surface area contributed by atoms with Crippen molar-refractivity contribution in [1.29, 1.82) is 5.26 Å². The van der Waals surface area contributed by atoms with Gasteiger partial charge in [0.1, 0.15) is 0 Å². The summed E-state index contributed by atoms with van der Waals surface area (Å²) in [7, 11) is 0. The van der Waals surface area contributed by atoms with E-state index in [9.17, 15) is 4.79 Å². The molecule has 0 saturated carbocycles. The van der Waals surface area contributed by atoms with Gasteiger partial charge in [0.25, 0.3) is 0 Å². The van der Waals surface area contributed by atoms with Gasteiger partial charge in [-0.05, 0) is 41.8 Å². The third-order valence-corrected chi connectivity index (χ3v) is 2.52. The van der Waals surface area contributed by atoms with E-state index in [4.69, 9.17) is 16.9 Å². The number of fused-ring (bicyclic) bond motifs is 1. The van der Waals surface area contributed by atoms with Crippen LogP contribution >= 0.6 is 11.6 Å². The molecule has 0 aromatic heterocycles. The molecule has 4 heteroatoms. The van der Waals surface area contributed by atoms with Crippen LogP contribution in [0.3, 0.4) is 0 Å². The molecule has 1 aliphatic heterocycles. The number of halogens is 1. The van der Waals surface area contributed by atoms with Gasteiger partial charge in [-0.1, -0.05) is 0 Å². The van der Waals surface area contributed by atoms with Gasteiger partial charge >= 0.3 is 5.37 Å². The van der Waals surface area contributed by atoms with Gasteiger partial charge in [-0.15, -0.1) is 0 Å². The molecule has 14 heavy (non-hydrogen) atoms. The van der Waals surface area contributed by atoms with E-state index in [1.165, 1.54) is 4.90 Å². The number of hydrogen-bond donors (Lipinski definition) is 0. The largest absolute Gasteiger partial charge is 0.320 e. The molecule has 0 bridgehead atoms. The Balaban J connectivity index is 2.44. The summed E-state index contributed by atoms with van der Waals surface area (Å²) in [6.45, 7) is 0.604. The van der Waals surface area contributed by atoms with Gasteiger partial charge in [0.05, 0.1) is 11.6 Å². The lowest BCUT2D eigenvalue weighted by Crippen LogP contribution is -2.22. The maximum absolute atomic E-state index is 11.0. The highest BCUT2D eigenvalue weighted by molar-refractivity contribution is 6.66. The zero-order valence-corrected chi connectivity index (χ0v) is 8.08. The highest BCUT2D eigenvalue weighted by Crippen LogP contribution is 2.29. The Labute approximate surface area is 86.5 Å². The van der Waals surface area contributed by atoms with Crippen molar-refractivity contribution in [2.45, 2.75) is 6.42 Å². The lowest BCUT2D eigenvalue weighted by atomic mass is 10.1. The molecule has 3 nitrogen and oxygen atoms in total. The summed E-state index contributed by atoms with van der Waals surface area (Å²) in [6, 6.07) is 7.32. The molecule has 1 aromatic rings. The van der Waals surface area contributed by atoms with E-state index in [0.717, 1.165) is 17.7 Å². The van der Waals surface area contributed by atoms with Crippen molar-refractivity contribution in [2.75, 3.05) is 11.4 Å². The zero-order chi connectivity index (χ0) is 10.1. The molecule has 0 N–H and O–H groups in total. The quantitative estimate of drug-likeness (QED) is 0.483. The van der Waals surface area contributed by atoms with E-state index in [1.54, 1.807) is 18.2 Å². The Bertz CT molecular complexity index is 436.